The van der Waals surface area contributed by atoms with Crippen molar-refractivity contribution >= 4 is 34.8 Å². The van der Waals surface area contributed by atoms with E-state index in [2.05, 4.69) is 4.99 Å². The molecule has 1 N–H and O–H groups in total. The van der Waals surface area contributed by atoms with Gasteiger partial charge in [0, 0.05) is 21.2 Å². The molecule has 2 heterocycles. The van der Waals surface area contributed by atoms with Gasteiger partial charge in [0.05, 0.1) is 6.54 Å². The SMILES string of the molecule is Cc1sc(=NC(=O)c2cccc(Cl)c2)n(Cc2ccc(C(=O)O)o2)c1C. The Hall–Kier alpha value is -2.64. The molecular formula is C18H15ClN2O4S. The van der Waals surface area contributed by atoms with Crippen LogP contribution in [0.2, 0.25) is 5.02 Å². The van der Waals surface area contributed by atoms with Gasteiger partial charge in [-0.1, -0.05) is 17.7 Å². The zero-order valence-electron chi connectivity index (χ0n) is 14.0. The molecule has 3 aromatic rings. The van der Waals surface area contributed by atoms with Gasteiger partial charge in [0.25, 0.3) is 5.91 Å². The molecule has 0 aliphatic heterocycles. The molecule has 1 amide bonds. The number of carboxylic acids is 1. The average molecular weight is 391 g/mol. The van der Waals surface area contributed by atoms with E-state index in [-0.39, 0.29) is 12.3 Å². The Morgan fingerprint density at radius 3 is 2.69 bits per heavy atom. The molecule has 0 bridgehead atoms. The standard InChI is InChI=1S/C18H15ClN2O4S/c1-10-11(2)26-18(20-16(22)12-4-3-5-13(19)8-12)21(10)9-14-6-7-15(25-14)17(23)24/h3-8H,9H2,1-2H3,(H,23,24). The second-order valence-corrected chi connectivity index (χ2v) is 7.23. The number of nitrogens with zero attached hydrogens (tertiary/aromatic N) is 2. The highest BCUT2D eigenvalue weighted by atomic mass is 35.5. The Bertz CT molecular complexity index is 1060. The van der Waals surface area contributed by atoms with Gasteiger partial charge in [-0.3, -0.25) is 4.79 Å². The first-order valence-corrected chi connectivity index (χ1v) is 8.88. The van der Waals surface area contributed by atoms with Gasteiger partial charge < -0.3 is 14.1 Å². The Labute approximate surface area is 158 Å². The molecule has 0 saturated heterocycles. The van der Waals surface area contributed by atoms with Crippen LogP contribution < -0.4 is 4.80 Å². The summed E-state index contributed by atoms with van der Waals surface area (Å²) in [5, 5.41) is 9.44. The summed E-state index contributed by atoms with van der Waals surface area (Å²) >= 11 is 7.32. The Morgan fingerprint density at radius 2 is 2.04 bits per heavy atom. The van der Waals surface area contributed by atoms with E-state index in [1.165, 1.54) is 17.4 Å². The summed E-state index contributed by atoms with van der Waals surface area (Å²) in [6.45, 7) is 4.13. The van der Waals surface area contributed by atoms with Crippen molar-refractivity contribution < 1.29 is 19.1 Å². The van der Waals surface area contributed by atoms with E-state index in [1.807, 2.05) is 18.4 Å². The lowest BCUT2D eigenvalue weighted by molar-refractivity contribution is 0.0660. The molecule has 0 spiro atoms. The van der Waals surface area contributed by atoms with E-state index in [1.54, 1.807) is 30.3 Å². The van der Waals surface area contributed by atoms with Crippen LogP contribution in [0.3, 0.4) is 0 Å². The quantitative estimate of drug-likeness (QED) is 0.732. The monoisotopic (exact) mass is 390 g/mol. The van der Waals surface area contributed by atoms with E-state index in [4.69, 9.17) is 21.1 Å². The van der Waals surface area contributed by atoms with E-state index < -0.39 is 11.9 Å². The second kappa shape index (κ2) is 7.31. The molecule has 1 aromatic carbocycles. The summed E-state index contributed by atoms with van der Waals surface area (Å²) in [5.41, 5.74) is 1.33. The lowest BCUT2D eigenvalue weighted by Gasteiger charge is -2.04. The van der Waals surface area contributed by atoms with Crippen molar-refractivity contribution in [1.29, 1.82) is 0 Å². The molecule has 8 heteroatoms. The number of thiazole rings is 1. The number of aryl methyl sites for hydroxylation is 1. The summed E-state index contributed by atoms with van der Waals surface area (Å²) < 4.78 is 7.14. The van der Waals surface area contributed by atoms with Crippen molar-refractivity contribution in [2.75, 3.05) is 0 Å². The van der Waals surface area contributed by atoms with Crippen molar-refractivity contribution in [1.82, 2.24) is 4.57 Å². The molecule has 0 aliphatic carbocycles. The fourth-order valence-electron chi connectivity index (χ4n) is 2.38. The van der Waals surface area contributed by atoms with E-state index in [0.717, 1.165) is 10.6 Å². The van der Waals surface area contributed by atoms with Crippen LogP contribution in [-0.2, 0) is 6.54 Å². The van der Waals surface area contributed by atoms with Crippen LogP contribution in [0.4, 0.5) is 0 Å². The summed E-state index contributed by atoms with van der Waals surface area (Å²) in [6, 6.07) is 9.61. The third-order valence-electron chi connectivity index (χ3n) is 3.84. The van der Waals surface area contributed by atoms with Crippen LogP contribution in [-0.4, -0.2) is 21.6 Å². The maximum absolute atomic E-state index is 12.5. The van der Waals surface area contributed by atoms with Gasteiger partial charge in [-0.25, -0.2) is 4.79 Å². The van der Waals surface area contributed by atoms with Crippen LogP contribution in [0, 0.1) is 13.8 Å². The largest absolute Gasteiger partial charge is 0.475 e. The first kappa shape index (κ1) is 18.2. The molecule has 26 heavy (non-hydrogen) atoms. The highest BCUT2D eigenvalue weighted by Gasteiger charge is 2.14. The van der Waals surface area contributed by atoms with Crippen molar-refractivity contribution in [3.8, 4) is 0 Å². The number of rotatable bonds is 4. The number of hydrogen-bond acceptors (Lipinski definition) is 4. The van der Waals surface area contributed by atoms with Crippen LogP contribution in [0.1, 0.15) is 37.2 Å². The average Bonchev–Trinajstić information content (AvgIpc) is 3.16. The van der Waals surface area contributed by atoms with E-state index in [9.17, 15) is 9.59 Å². The molecule has 0 unspecified atom stereocenters. The van der Waals surface area contributed by atoms with Crippen LogP contribution in [0.25, 0.3) is 0 Å². The van der Waals surface area contributed by atoms with Gasteiger partial charge in [-0.05, 0) is 44.2 Å². The minimum absolute atomic E-state index is 0.126. The van der Waals surface area contributed by atoms with Gasteiger partial charge in [-0.2, -0.15) is 4.99 Å². The molecule has 6 nitrogen and oxygen atoms in total. The predicted octanol–water partition coefficient (Wildman–Crippen LogP) is 3.90. The molecule has 0 saturated carbocycles. The van der Waals surface area contributed by atoms with Crippen molar-refractivity contribution in [3.63, 3.8) is 0 Å². The minimum atomic E-state index is -1.12. The smallest absolute Gasteiger partial charge is 0.371 e. The minimum Gasteiger partial charge on any atom is -0.475 e. The molecule has 2 aromatic heterocycles. The first-order valence-electron chi connectivity index (χ1n) is 7.68. The number of halogens is 1. The van der Waals surface area contributed by atoms with Gasteiger partial charge in [0.1, 0.15) is 5.76 Å². The topological polar surface area (TPSA) is 84.8 Å². The number of furan rings is 1. The highest BCUT2D eigenvalue weighted by molar-refractivity contribution is 7.09. The molecule has 134 valence electrons. The van der Waals surface area contributed by atoms with Crippen LogP contribution in [0.5, 0.6) is 0 Å². The number of carbonyl (C=O) groups excluding carboxylic acids is 1. The van der Waals surface area contributed by atoms with Crippen molar-refractivity contribution in [2.24, 2.45) is 4.99 Å². The Morgan fingerprint density at radius 1 is 1.27 bits per heavy atom. The molecular weight excluding hydrogens is 376 g/mol. The van der Waals surface area contributed by atoms with Gasteiger partial charge in [0.15, 0.2) is 4.80 Å². The summed E-state index contributed by atoms with van der Waals surface area (Å²) in [5.74, 6) is -1.17. The number of amides is 1. The van der Waals surface area contributed by atoms with Crippen LogP contribution in [0.15, 0.2) is 45.8 Å². The van der Waals surface area contributed by atoms with E-state index in [0.29, 0.717) is 21.1 Å². The lowest BCUT2D eigenvalue weighted by Crippen LogP contribution is -2.19. The molecule has 0 radical (unpaired) electrons. The molecule has 0 aliphatic rings. The normalized spacial score (nSPS) is 11.7. The number of aromatic carboxylic acids is 1. The highest BCUT2D eigenvalue weighted by Crippen LogP contribution is 2.15. The predicted molar refractivity (Wildman–Crippen MR) is 97.9 cm³/mol. The summed E-state index contributed by atoms with van der Waals surface area (Å²) in [7, 11) is 0. The number of carbonyl (C=O) groups is 2. The summed E-state index contributed by atoms with van der Waals surface area (Å²) in [4.78, 5) is 29.1. The van der Waals surface area contributed by atoms with Gasteiger partial charge >= 0.3 is 5.97 Å². The van der Waals surface area contributed by atoms with E-state index >= 15 is 0 Å². The maximum Gasteiger partial charge on any atom is 0.371 e. The maximum atomic E-state index is 12.5. The zero-order chi connectivity index (χ0) is 18.8. The Kier molecular flexibility index (Phi) is 5.11. The van der Waals surface area contributed by atoms with Crippen molar-refractivity contribution in [2.45, 2.75) is 20.4 Å². The summed E-state index contributed by atoms with van der Waals surface area (Å²) in [6.07, 6.45) is 0. The number of carboxylic acid groups (broad SMARTS) is 1. The molecule has 0 atom stereocenters. The number of aromatic nitrogens is 1. The fraction of sp³-hybridized carbons (Fsp3) is 0.167. The molecule has 3 rings (SSSR count). The third-order valence-corrected chi connectivity index (χ3v) is 5.18. The van der Waals surface area contributed by atoms with Gasteiger partial charge in [0.2, 0.25) is 5.76 Å². The van der Waals surface area contributed by atoms with Crippen LogP contribution >= 0.6 is 22.9 Å². The molecule has 0 fully saturated rings. The number of benzene rings is 1. The van der Waals surface area contributed by atoms with Gasteiger partial charge in [-0.15, -0.1) is 11.3 Å². The fourth-order valence-corrected chi connectivity index (χ4v) is 3.54. The third kappa shape index (κ3) is 3.79. The number of hydrogen-bond donors (Lipinski definition) is 1. The Balaban J connectivity index is 1.99. The lowest BCUT2D eigenvalue weighted by atomic mass is 10.2. The zero-order valence-corrected chi connectivity index (χ0v) is 15.6. The first-order chi connectivity index (χ1) is 12.3. The second-order valence-electron chi connectivity index (χ2n) is 5.61. The van der Waals surface area contributed by atoms with Crippen molar-refractivity contribution in [3.05, 3.63) is 73.9 Å².